The maximum Gasteiger partial charge on any atom is 0.146 e. The van der Waals surface area contributed by atoms with Crippen LogP contribution in [0, 0.1) is 5.82 Å². The highest BCUT2D eigenvalue weighted by atomic mass is 19.1. The lowest BCUT2D eigenvalue weighted by Gasteiger charge is -2.34. The van der Waals surface area contributed by atoms with Crippen LogP contribution in [0.3, 0.4) is 0 Å². The van der Waals surface area contributed by atoms with Crippen molar-refractivity contribution in [3.05, 3.63) is 283 Å². The fourth-order valence-electron chi connectivity index (χ4n) is 11.5. The Bertz CT molecular complexity index is 4160. The van der Waals surface area contributed by atoms with Gasteiger partial charge in [0.2, 0.25) is 0 Å². The molecule has 14 rings (SSSR count). The third-order valence-corrected chi connectivity index (χ3v) is 14.7. The topological polar surface area (TPSA) is 29.5 Å². The Labute approximate surface area is 409 Å². The molecule has 0 aliphatic heterocycles. The number of nitrogens with zero attached hydrogens (tertiary/aromatic N) is 1. The summed E-state index contributed by atoms with van der Waals surface area (Å²) < 4.78 is 28.9. The predicted molar refractivity (Wildman–Crippen MR) is 289 cm³/mol. The molecule has 2 heterocycles. The van der Waals surface area contributed by atoms with E-state index in [4.69, 9.17) is 8.83 Å². The quantitative estimate of drug-likeness (QED) is 0.152. The monoisotopic (exact) mass is 911 g/mol. The summed E-state index contributed by atoms with van der Waals surface area (Å²) in [4.78, 5) is 2.35. The lowest BCUT2D eigenvalue weighted by molar-refractivity contribution is 0.622. The van der Waals surface area contributed by atoms with Gasteiger partial charge in [-0.05, 0) is 116 Å². The van der Waals surface area contributed by atoms with Crippen LogP contribution in [0.2, 0.25) is 0 Å². The molecule has 0 amide bonds. The maximum atomic E-state index is 16.0. The number of para-hydroxylation sites is 3. The van der Waals surface area contributed by atoms with Crippen LogP contribution in [-0.2, 0) is 5.41 Å². The third kappa shape index (κ3) is 6.35. The van der Waals surface area contributed by atoms with Gasteiger partial charge in [0.1, 0.15) is 28.1 Å². The van der Waals surface area contributed by atoms with Crippen molar-refractivity contribution in [1.82, 2.24) is 0 Å². The second-order valence-corrected chi connectivity index (χ2v) is 18.4. The summed E-state index contributed by atoms with van der Waals surface area (Å²) >= 11 is 0. The number of anilines is 3. The Morgan fingerprint density at radius 3 is 1.55 bits per heavy atom. The number of benzene rings is 11. The lowest BCUT2D eigenvalue weighted by Crippen LogP contribution is -2.28. The van der Waals surface area contributed by atoms with Gasteiger partial charge >= 0.3 is 0 Å². The van der Waals surface area contributed by atoms with Crippen LogP contribution >= 0.6 is 0 Å². The van der Waals surface area contributed by atoms with Crippen LogP contribution in [0.1, 0.15) is 22.3 Å². The molecule has 1 unspecified atom stereocenters. The number of rotatable bonds is 8. The van der Waals surface area contributed by atoms with Crippen LogP contribution < -0.4 is 4.90 Å². The van der Waals surface area contributed by atoms with Crippen molar-refractivity contribution in [2.45, 2.75) is 5.41 Å². The van der Waals surface area contributed by atoms with Crippen molar-refractivity contribution in [1.29, 1.82) is 0 Å². The van der Waals surface area contributed by atoms with Crippen LogP contribution in [0.15, 0.2) is 264 Å². The highest BCUT2D eigenvalue weighted by molar-refractivity contribution is 6.11. The van der Waals surface area contributed by atoms with Crippen molar-refractivity contribution in [2.75, 3.05) is 4.90 Å². The smallest absolute Gasteiger partial charge is 0.146 e. The molecule has 1 aliphatic rings. The van der Waals surface area contributed by atoms with Crippen molar-refractivity contribution < 1.29 is 13.2 Å². The second-order valence-electron chi connectivity index (χ2n) is 18.4. The first kappa shape index (κ1) is 40.8. The van der Waals surface area contributed by atoms with E-state index in [1.807, 2.05) is 42.5 Å². The summed E-state index contributed by atoms with van der Waals surface area (Å²) in [6, 6.07) is 89.1. The van der Waals surface area contributed by atoms with Crippen LogP contribution in [0.25, 0.3) is 88.4 Å². The van der Waals surface area contributed by atoms with Gasteiger partial charge in [-0.25, -0.2) is 4.39 Å². The van der Waals surface area contributed by atoms with E-state index in [0.717, 1.165) is 94.3 Å². The van der Waals surface area contributed by atoms with Gasteiger partial charge in [0.15, 0.2) is 0 Å². The van der Waals surface area contributed by atoms with Gasteiger partial charge in [-0.1, -0.05) is 194 Å². The fourth-order valence-corrected chi connectivity index (χ4v) is 11.5. The Morgan fingerprint density at radius 2 is 0.831 bits per heavy atom. The molecule has 11 aromatic carbocycles. The fraction of sp³-hybridized carbons (Fsp3) is 0.0149. The van der Waals surface area contributed by atoms with Gasteiger partial charge in [0, 0.05) is 44.2 Å². The molecule has 0 radical (unpaired) electrons. The summed E-state index contributed by atoms with van der Waals surface area (Å²) in [5.74, 6) is -0.316. The molecule has 0 N–H and O–H groups in total. The van der Waals surface area contributed by atoms with E-state index in [1.54, 1.807) is 6.07 Å². The van der Waals surface area contributed by atoms with Crippen LogP contribution in [-0.4, -0.2) is 0 Å². The minimum absolute atomic E-state index is 0.316. The van der Waals surface area contributed by atoms with Crippen molar-refractivity contribution in [3.8, 4) is 44.5 Å². The summed E-state index contributed by atoms with van der Waals surface area (Å²) in [6.45, 7) is 0. The Kier molecular flexibility index (Phi) is 9.30. The van der Waals surface area contributed by atoms with Crippen molar-refractivity contribution in [2.24, 2.45) is 0 Å². The summed E-state index contributed by atoms with van der Waals surface area (Å²) in [5, 5.41) is 4.09. The van der Waals surface area contributed by atoms with Crippen LogP contribution in [0.5, 0.6) is 0 Å². The molecule has 71 heavy (non-hydrogen) atoms. The number of hydrogen-bond acceptors (Lipinski definition) is 3. The molecule has 4 heteroatoms. The highest BCUT2D eigenvalue weighted by Gasteiger charge is 2.46. The summed E-state index contributed by atoms with van der Waals surface area (Å²) in [5.41, 5.74) is 18.1. The normalized spacial score (nSPS) is 14.0. The van der Waals surface area contributed by atoms with E-state index in [-0.39, 0.29) is 5.82 Å². The summed E-state index contributed by atoms with van der Waals surface area (Å²) in [6.07, 6.45) is 0. The lowest BCUT2D eigenvalue weighted by atomic mass is 9.67. The van der Waals surface area contributed by atoms with E-state index < -0.39 is 5.41 Å². The average molecular weight is 912 g/mol. The molecule has 334 valence electrons. The highest BCUT2D eigenvalue weighted by Crippen LogP contribution is 2.57. The Balaban J connectivity index is 0.922. The SMILES string of the molecule is Fc1ccc2c(oc3ccccc32)c1-c1ccc(C2(c3ccccc3)c3ccccc3-c3cc(N(c4ccc(-c5ccccc5)cc4)c4ccc(-c5cccc6c5oc5ccccc56)cc4)ccc32)cc1. The molecule has 2 aromatic heterocycles. The number of halogens is 1. The second kappa shape index (κ2) is 16.2. The molecule has 0 spiro atoms. The zero-order valence-corrected chi connectivity index (χ0v) is 38.4. The minimum Gasteiger partial charge on any atom is -0.455 e. The Hall–Kier alpha value is -9.25. The molecular weight excluding hydrogens is 870 g/mol. The largest absolute Gasteiger partial charge is 0.455 e. The van der Waals surface area contributed by atoms with Crippen molar-refractivity contribution in [3.63, 3.8) is 0 Å². The molecule has 0 fully saturated rings. The van der Waals surface area contributed by atoms with E-state index >= 15 is 4.39 Å². The number of furan rings is 2. The third-order valence-electron chi connectivity index (χ3n) is 14.7. The van der Waals surface area contributed by atoms with Gasteiger partial charge in [-0.3, -0.25) is 0 Å². The molecule has 0 saturated carbocycles. The zero-order chi connectivity index (χ0) is 47.0. The minimum atomic E-state index is -0.671. The van der Waals surface area contributed by atoms with Gasteiger partial charge in [-0.15, -0.1) is 0 Å². The van der Waals surface area contributed by atoms with Crippen molar-refractivity contribution >= 4 is 60.9 Å². The van der Waals surface area contributed by atoms with E-state index in [0.29, 0.717) is 11.1 Å². The molecule has 1 aliphatic carbocycles. The van der Waals surface area contributed by atoms with E-state index in [2.05, 4.69) is 211 Å². The average Bonchev–Trinajstić information content (AvgIpc) is 4.11. The first-order chi connectivity index (χ1) is 35.1. The van der Waals surface area contributed by atoms with Gasteiger partial charge in [0.05, 0.1) is 11.0 Å². The van der Waals surface area contributed by atoms with Gasteiger partial charge < -0.3 is 13.7 Å². The molecule has 3 nitrogen and oxygen atoms in total. The standard InChI is InChI=1S/C67H42FNO2/c68-61-41-39-57-55-20-9-12-25-63(55)71-66(57)64(61)46-26-32-48(33-27-46)67(47-16-5-2-6-17-47)59-23-10-7-18-53(59)58-42-51(38-40-60(58)67)69(49-34-28-44(29-35-49)43-14-3-1-4-15-43)50-36-30-45(31-37-50)52-21-13-22-56-54-19-8-11-24-62(54)70-65(52)56/h1-42H. The molecule has 0 bridgehead atoms. The first-order valence-electron chi connectivity index (χ1n) is 24.1. The zero-order valence-electron chi connectivity index (χ0n) is 38.4. The van der Waals surface area contributed by atoms with E-state index in [9.17, 15) is 0 Å². The molecule has 13 aromatic rings. The maximum absolute atomic E-state index is 16.0. The molecule has 1 atom stereocenters. The number of hydrogen-bond donors (Lipinski definition) is 0. The van der Waals surface area contributed by atoms with E-state index in [1.165, 1.54) is 22.3 Å². The van der Waals surface area contributed by atoms with Gasteiger partial charge in [-0.2, -0.15) is 0 Å². The Morgan fingerprint density at radius 1 is 0.324 bits per heavy atom. The predicted octanol–water partition coefficient (Wildman–Crippen LogP) is 18.5. The van der Waals surface area contributed by atoms with Gasteiger partial charge in [0.25, 0.3) is 0 Å². The number of fused-ring (bicyclic) bond motifs is 9. The summed E-state index contributed by atoms with van der Waals surface area (Å²) in [7, 11) is 0. The molecule has 0 saturated heterocycles. The van der Waals surface area contributed by atoms with Crippen LogP contribution in [0.4, 0.5) is 21.5 Å². The molecular formula is C67H42FNO2. The first-order valence-corrected chi connectivity index (χ1v) is 24.1.